The van der Waals surface area contributed by atoms with E-state index < -0.39 is 6.09 Å². The summed E-state index contributed by atoms with van der Waals surface area (Å²) in [5.41, 5.74) is 3.15. The molecule has 2 aliphatic carbocycles. The number of alkyl halides is 1. The maximum atomic E-state index is 12.0. The van der Waals surface area contributed by atoms with E-state index in [0.29, 0.717) is 5.95 Å². The van der Waals surface area contributed by atoms with Crippen LogP contribution in [0.25, 0.3) is 0 Å². The van der Waals surface area contributed by atoms with Crippen LogP contribution in [0.5, 0.6) is 0 Å². The SMILES string of the molecule is CN(C)c1nc(NC2(Br)CCC(N(C(=O)O)c3ccccc3)CC2)nc2c1CCCC2. The van der Waals surface area contributed by atoms with Gasteiger partial charge in [-0.25, -0.2) is 9.78 Å². The number of amides is 1. The van der Waals surface area contributed by atoms with Gasteiger partial charge in [-0.15, -0.1) is 0 Å². The number of fused-ring (bicyclic) bond motifs is 1. The second kappa shape index (κ2) is 9.02. The Morgan fingerprint density at radius 1 is 1.13 bits per heavy atom. The molecular formula is C23H30BrN5O2. The summed E-state index contributed by atoms with van der Waals surface area (Å²) >= 11 is 3.89. The number of para-hydroxylation sites is 1. The van der Waals surface area contributed by atoms with Gasteiger partial charge in [-0.1, -0.05) is 34.1 Å². The number of benzene rings is 1. The number of rotatable bonds is 5. The largest absolute Gasteiger partial charge is 0.465 e. The Bertz CT molecular complexity index is 929. The van der Waals surface area contributed by atoms with E-state index in [-0.39, 0.29) is 10.5 Å². The lowest BCUT2D eigenvalue weighted by atomic mass is 9.89. The molecule has 1 aromatic heterocycles. The highest BCUT2D eigenvalue weighted by molar-refractivity contribution is 9.10. The third-order valence-electron chi connectivity index (χ3n) is 6.27. The molecule has 166 valence electrons. The fourth-order valence-corrected chi connectivity index (χ4v) is 5.34. The van der Waals surface area contributed by atoms with Gasteiger partial charge in [0, 0.05) is 31.4 Å². The Kier molecular flexibility index (Phi) is 6.36. The Hall–Kier alpha value is -2.35. The number of anilines is 3. The van der Waals surface area contributed by atoms with Crippen LogP contribution < -0.4 is 15.1 Å². The number of carbonyl (C=O) groups is 1. The van der Waals surface area contributed by atoms with Crippen molar-refractivity contribution in [2.24, 2.45) is 0 Å². The van der Waals surface area contributed by atoms with E-state index in [4.69, 9.17) is 9.97 Å². The normalized spacial score (nSPS) is 23.0. The summed E-state index contributed by atoms with van der Waals surface area (Å²) in [5.74, 6) is 1.65. The zero-order valence-corrected chi connectivity index (χ0v) is 19.7. The van der Waals surface area contributed by atoms with Crippen LogP contribution in [0, 0.1) is 0 Å². The molecule has 1 saturated carbocycles. The average Bonchev–Trinajstić information content (AvgIpc) is 2.75. The highest BCUT2D eigenvalue weighted by Crippen LogP contribution is 2.39. The zero-order valence-electron chi connectivity index (χ0n) is 18.1. The van der Waals surface area contributed by atoms with Crippen molar-refractivity contribution in [2.45, 2.75) is 61.9 Å². The van der Waals surface area contributed by atoms with Crippen LogP contribution >= 0.6 is 15.9 Å². The fraction of sp³-hybridized carbons (Fsp3) is 0.522. The first kappa shape index (κ1) is 21.9. The lowest BCUT2D eigenvalue weighted by molar-refractivity contribution is 0.195. The lowest BCUT2D eigenvalue weighted by Crippen LogP contribution is -2.46. The minimum atomic E-state index is -0.903. The molecule has 1 aromatic carbocycles. The summed E-state index contributed by atoms with van der Waals surface area (Å²) in [6.07, 6.45) is 6.56. The zero-order chi connectivity index (χ0) is 22.0. The van der Waals surface area contributed by atoms with E-state index in [1.165, 1.54) is 23.3 Å². The summed E-state index contributed by atoms with van der Waals surface area (Å²) in [6.45, 7) is 0. The summed E-state index contributed by atoms with van der Waals surface area (Å²) in [4.78, 5) is 25.2. The number of nitrogens with one attached hydrogen (secondary N) is 1. The third-order valence-corrected chi connectivity index (χ3v) is 7.27. The van der Waals surface area contributed by atoms with Gasteiger partial charge in [-0.2, -0.15) is 4.98 Å². The van der Waals surface area contributed by atoms with Gasteiger partial charge >= 0.3 is 6.09 Å². The van der Waals surface area contributed by atoms with Crippen LogP contribution in [0.2, 0.25) is 0 Å². The van der Waals surface area contributed by atoms with Gasteiger partial charge in [0.15, 0.2) is 0 Å². The van der Waals surface area contributed by atoms with E-state index in [2.05, 4.69) is 26.1 Å². The summed E-state index contributed by atoms with van der Waals surface area (Å²) in [7, 11) is 4.06. The molecule has 1 fully saturated rings. The van der Waals surface area contributed by atoms with E-state index in [1.54, 1.807) is 0 Å². The van der Waals surface area contributed by atoms with Crippen molar-refractivity contribution in [3.05, 3.63) is 41.6 Å². The Labute approximate surface area is 192 Å². The molecule has 8 heteroatoms. The molecule has 0 radical (unpaired) electrons. The molecule has 4 rings (SSSR count). The maximum absolute atomic E-state index is 12.0. The highest BCUT2D eigenvalue weighted by atomic mass is 79.9. The van der Waals surface area contributed by atoms with Crippen molar-refractivity contribution in [3.63, 3.8) is 0 Å². The average molecular weight is 488 g/mol. The fourth-order valence-electron chi connectivity index (χ4n) is 4.71. The number of nitrogens with zero attached hydrogens (tertiary/aromatic N) is 4. The monoisotopic (exact) mass is 487 g/mol. The molecular weight excluding hydrogens is 458 g/mol. The van der Waals surface area contributed by atoms with Gasteiger partial charge in [0.25, 0.3) is 0 Å². The summed E-state index contributed by atoms with van der Waals surface area (Å²) in [6, 6.07) is 9.31. The minimum Gasteiger partial charge on any atom is -0.465 e. The Morgan fingerprint density at radius 3 is 2.45 bits per heavy atom. The predicted octanol–water partition coefficient (Wildman–Crippen LogP) is 5.05. The second-order valence-electron chi connectivity index (χ2n) is 8.71. The van der Waals surface area contributed by atoms with Crippen molar-refractivity contribution in [3.8, 4) is 0 Å². The second-order valence-corrected chi connectivity index (χ2v) is 10.2. The first-order valence-corrected chi connectivity index (χ1v) is 11.8. The van der Waals surface area contributed by atoms with Crippen molar-refractivity contribution in [2.75, 3.05) is 29.2 Å². The molecule has 2 aromatic rings. The van der Waals surface area contributed by atoms with Crippen LogP contribution in [0.15, 0.2) is 30.3 Å². The molecule has 0 aliphatic heterocycles. The lowest BCUT2D eigenvalue weighted by Gasteiger charge is -2.40. The van der Waals surface area contributed by atoms with Gasteiger partial charge in [-0.3, -0.25) is 4.90 Å². The molecule has 7 nitrogen and oxygen atoms in total. The van der Waals surface area contributed by atoms with E-state index in [0.717, 1.165) is 55.7 Å². The summed E-state index contributed by atoms with van der Waals surface area (Å²) < 4.78 is -0.336. The molecule has 31 heavy (non-hydrogen) atoms. The van der Waals surface area contributed by atoms with Gasteiger partial charge in [0.1, 0.15) is 5.82 Å². The molecule has 1 amide bonds. The first-order valence-electron chi connectivity index (χ1n) is 11.0. The number of carboxylic acid groups (broad SMARTS) is 1. The molecule has 2 aliphatic rings. The van der Waals surface area contributed by atoms with E-state index in [1.807, 2.05) is 44.4 Å². The Balaban J connectivity index is 1.49. The minimum absolute atomic E-state index is 0.0471. The van der Waals surface area contributed by atoms with Gasteiger partial charge in [0.05, 0.1) is 10.1 Å². The summed E-state index contributed by atoms with van der Waals surface area (Å²) in [5, 5.41) is 13.3. The third kappa shape index (κ3) is 4.79. The molecule has 0 spiro atoms. The number of aromatic nitrogens is 2. The number of halogens is 1. The van der Waals surface area contributed by atoms with Gasteiger partial charge in [-0.05, 0) is 63.5 Å². The standard InChI is InChI=1S/C23H30BrN5O2/c1-28(2)20-18-10-6-7-11-19(18)25-21(26-20)27-23(24)14-12-17(13-15-23)29(22(30)31)16-8-4-3-5-9-16/h3-5,8-9,17H,6-7,10-15H2,1-2H3,(H,30,31)(H,25,26,27). The van der Waals surface area contributed by atoms with Crippen molar-refractivity contribution in [1.29, 1.82) is 0 Å². The molecule has 1 heterocycles. The number of hydrogen-bond acceptors (Lipinski definition) is 5. The Morgan fingerprint density at radius 2 is 1.81 bits per heavy atom. The van der Waals surface area contributed by atoms with Crippen LogP contribution in [0.1, 0.15) is 49.8 Å². The van der Waals surface area contributed by atoms with Crippen LogP contribution in [-0.4, -0.2) is 45.8 Å². The molecule has 0 unspecified atom stereocenters. The van der Waals surface area contributed by atoms with Crippen molar-refractivity contribution >= 4 is 39.5 Å². The van der Waals surface area contributed by atoms with Crippen LogP contribution in [0.3, 0.4) is 0 Å². The quantitative estimate of drug-likeness (QED) is 0.453. The van der Waals surface area contributed by atoms with E-state index >= 15 is 0 Å². The maximum Gasteiger partial charge on any atom is 0.412 e. The molecule has 2 N–H and O–H groups in total. The topological polar surface area (TPSA) is 81.6 Å². The van der Waals surface area contributed by atoms with Crippen molar-refractivity contribution in [1.82, 2.24) is 9.97 Å². The highest BCUT2D eigenvalue weighted by Gasteiger charge is 2.38. The first-order chi connectivity index (χ1) is 14.9. The predicted molar refractivity (Wildman–Crippen MR) is 127 cm³/mol. The van der Waals surface area contributed by atoms with Gasteiger partial charge in [0.2, 0.25) is 5.95 Å². The molecule has 0 bridgehead atoms. The van der Waals surface area contributed by atoms with Crippen molar-refractivity contribution < 1.29 is 9.90 Å². The van der Waals surface area contributed by atoms with Crippen LogP contribution in [-0.2, 0) is 12.8 Å². The number of hydrogen-bond donors (Lipinski definition) is 2. The van der Waals surface area contributed by atoms with Gasteiger partial charge < -0.3 is 15.3 Å². The molecule has 0 atom stereocenters. The smallest absolute Gasteiger partial charge is 0.412 e. The molecule has 0 saturated heterocycles. The number of aryl methyl sites for hydroxylation is 1. The van der Waals surface area contributed by atoms with E-state index in [9.17, 15) is 9.90 Å². The van der Waals surface area contributed by atoms with Crippen LogP contribution in [0.4, 0.5) is 22.2 Å².